The molecule has 2 rings (SSSR count). The lowest BCUT2D eigenvalue weighted by molar-refractivity contribution is 0.108. The maximum atomic E-state index is 9.96. The molecular weight excluding hydrogens is 252 g/mol. The van der Waals surface area contributed by atoms with Crippen LogP contribution in [0, 0.1) is 0 Å². The molecule has 0 saturated carbocycles. The molecule has 6 heteroatoms. The number of hydrogen-bond donors (Lipinski definition) is 2. The molecule has 0 aliphatic rings. The second-order valence-electron chi connectivity index (χ2n) is 3.16. The summed E-state index contributed by atoms with van der Waals surface area (Å²) >= 11 is 0. The molecule has 0 amide bonds. The standard InChI is InChI=1S/2C6H6O3.CH4/c2*7-3-5-1-2-6(4-8)9-5;/h2*1-3,8H,4H2;1H4. The molecule has 0 unspecified atom stereocenters. The van der Waals surface area contributed by atoms with Crippen LogP contribution in [0.15, 0.2) is 33.1 Å². The van der Waals surface area contributed by atoms with Crippen LogP contribution in [0.25, 0.3) is 0 Å². The van der Waals surface area contributed by atoms with Gasteiger partial charge in [-0.15, -0.1) is 0 Å². The van der Waals surface area contributed by atoms with E-state index in [2.05, 4.69) is 0 Å². The van der Waals surface area contributed by atoms with Crippen LogP contribution in [-0.2, 0) is 13.2 Å². The van der Waals surface area contributed by atoms with Crippen LogP contribution in [0.4, 0.5) is 0 Å². The Kier molecular flexibility index (Phi) is 7.83. The minimum atomic E-state index is -0.159. The lowest BCUT2D eigenvalue weighted by Crippen LogP contribution is -1.74. The lowest BCUT2D eigenvalue weighted by atomic mass is 10.4. The number of aliphatic hydroxyl groups excluding tert-OH is 2. The van der Waals surface area contributed by atoms with E-state index >= 15 is 0 Å². The molecule has 0 aromatic carbocycles. The summed E-state index contributed by atoms with van der Waals surface area (Å²) in [5.41, 5.74) is 0. The SMILES string of the molecule is C.O=Cc1ccc(CO)o1.O=Cc1ccc(CO)o1. The Morgan fingerprint density at radius 3 is 1.37 bits per heavy atom. The Bertz CT molecular complexity index is 450. The van der Waals surface area contributed by atoms with Crippen LogP contribution in [0.2, 0.25) is 0 Å². The molecule has 0 fully saturated rings. The highest BCUT2D eigenvalue weighted by atomic mass is 16.4. The zero-order valence-corrected chi connectivity index (χ0v) is 9.41. The number of furan rings is 2. The fourth-order valence-electron chi connectivity index (χ4n) is 1.09. The van der Waals surface area contributed by atoms with E-state index < -0.39 is 0 Å². The van der Waals surface area contributed by atoms with E-state index in [9.17, 15) is 9.59 Å². The second kappa shape index (κ2) is 8.84. The van der Waals surface area contributed by atoms with Gasteiger partial charge in [0, 0.05) is 0 Å². The van der Waals surface area contributed by atoms with Gasteiger partial charge in [-0.2, -0.15) is 0 Å². The van der Waals surface area contributed by atoms with Crippen molar-refractivity contribution in [2.45, 2.75) is 20.6 Å². The molecule has 0 bridgehead atoms. The number of aldehydes is 2. The molecule has 2 aromatic heterocycles. The van der Waals surface area contributed by atoms with Gasteiger partial charge >= 0.3 is 0 Å². The smallest absolute Gasteiger partial charge is 0.185 e. The fraction of sp³-hybridized carbons (Fsp3) is 0.231. The molecule has 2 heterocycles. The van der Waals surface area contributed by atoms with Gasteiger partial charge < -0.3 is 19.0 Å². The minimum absolute atomic E-state index is 0. The lowest BCUT2D eigenvalue weighted by Gasteiger charge is -1.82. The van der Waals surface area contributed by atoms with Crippen molar-refractivity contribution in [3.63, 3.8) is 0 Å². The summed E-state index contributed by atoms with van der Waals surface area (Å²) in [7, 11) is 0. The van der Waals surface area contributed by atoms with Crippen molar-refractivity contribution in [2.24, 2.45) is 0 Å². The Balaban J connectivity index is 0.000000324. The molecule has 0 radical (unpaired) electrons. The van der Waals surface area contributed by atoms with Gasteiger partial charge in [0.15, 0.2) is 24.1 Å². The van der Waals surface area contributed by atoms with Crippen LogP contribution >= 0.6 is 0 Å². The van der Waals surface area contributed by atoms with Gasteiger partial charge in [0.2, 0.25) is 0 Å². The van der Waals surface area contributed by atoms with E-state index in [1.807, 2.05) is 0 Å². The second-order valence-corrected chi connectivity index (χ2v) is 3.16. The fourth-order valence-corrected chi connectivity index (χ4v) is 1.09. The average molecular weight is 268 g/mol. The molecule has 0 aliphatic carbocycles. The van der Waals surface area contributed by atoms with Crippen molar-refractivity contribution < 1.29 is 28.6 Å². The van der Waals surface area contributed by atoms with Crippen molar-refractivity contribution in [1.29, 1.82) is 0 Å². The Morgan fingerprint density at radius 2 is 1.21 bits per heavy atom. The van der Waals surface area contributed by atoms with Gasteiger partial charge in [-0.3, -0.25) is 9.59 Å². The molecule has 0 spiro atoms. The molecule has 0 saturated heterocycles. The molecule has 2 aromatic rings. The average Bonchev–Trinajstić information content (AvgIpc) is 3.07. The third-order valence-electron chi connectivity index (χ3n) is 1.91. The van der Waals surface area contributed by atoms with Gasteiger partial charge in [0.05, 0.1) is 0 Å². The Hall–Kier alpha value is -2.18. The highest BCUT2D eigenvalue weighted by Gasteiger charge is 1.97. The molecular formula is C13H16O6. The zero-order chi connectivity index (χ0) is 13.4. The van der Waals surface area contributed by atoms with E-state index in [1.165, 1.54) is 12.1 Å². The maximum absolute atomic E-state index is 9.96. The molecule has 19 heavy (non-hydrogen) atoms. The summed E-state index contributed by atoms with van der Waals surface area (Å²) in [6.45, 7) is -0.318. The van der Waals surface area contributed by atoms with Crippen molar-refractivity contribution in [2.75, 3.05) is 0 Å². The third kappa shape index (κ3) is 5.33. The monoisotopic (exact) mass is 268 g/mol. The number of carbonyl (C=O) groups excluding carboxylic acids is 2. The van der Waals surface area contributed by atoms with E-state index in [4.69, 9.17) is 19.0 Å². The minimum Gasteiger partial charge on any atom is -0.456 e. The van der Waals surface area contributed by atoms with Crippen molar-refractivity contribution in [1.82, 2.24) is 0 Å². The summed E-state index contributed by atoms with van der Waals surface area (Å²) in [4.78, 5) is 19.9. The largest absolute Gasteiger partial charge is 0.456 e. The van der Waals surface area contributed by atoms with Gasteiger partial charge in [0.1, 0.15) is 24.7 Å². The highest BCUT2D eigenvalue weighted by Crippen LogP contribution is 2.04. The number of rotatable bonds is 4. The van der Waals surface area contributed by atoms with Crippen LogP contribution in [0.1, 0.15) is 40.1 Å². The number of carbonyl (C=O) groups is 2. The predicted molar refractivity (Wildman–Crippen MR) is 66.8 cm³/mol. The number of aliphatic hydroxyl groups is 2. The zero-order valence-electron chi connectivity index (χ0n) is 9.41. The first-order chi connectivity index (χ1) is 8.73. The number of hydrogen-bond acceptors (Lipinski definition) is 6. The molecule has 0 atom stereocenters. The van der Waals surface area contributed by atoms with Crippen LogP contribution < -0.4 is 0 Å². The first-order valence-electron chi connectivity index (χ1n) is 5.03. The normalized spacial score (nSPS) is 8.95. The first-order valence-corrected chi connectivity index (χ1v) is 5.03. The summed E-state index contributed by atoms with van der Waals surface area (Å²) in [5, 5.41) is 16.9. The molecule has 6 nitrogen and oxygen atoms in total. The third-order valence-corrected chi connectivity index (χ3v) is 1.91. The Morgan fingerprint density at radius 1 is 0.842 bits per heavy atom. The van der Waals surface area contributed by atoms with Crippen LogP contribution in [-0.4, -0.2) is 22.8 Å². The molecule has 104 valence electrons. The summed E-state index contributed by atoms with van der Waals surface area (Å²) in [6.07, 6.45) is 1.19. The summed E-state index contributed by atoms with van der Waals surface area (Å²) < 4.78 is 9.53. The van der Waals surface area contributed by atoms with Crippen LogP contribution in [0.3, 0.4) is 0 Å². The quantitative estimate of drug-likeness (QED) is 0.820. The summed E-state index contributed by atoms with van der Waals surface area (Å²) in [5.74, 6) is 1.33. The summed E-state index contributed by atoms with van der Waals surface area (Å²) in [6, 6.07) is 6.14. The van der Waals surface area contributed by atoms with Gasteiger partial charge in [-0.1, -0.05) is 7.43 Å². The van der Waals surface area contributed by atoms with E-state index in [0.29, 0.717) is 24.1 Å². The topological polar surface area (TPSA) is 101 Å². The van der Waals surface area contributed by atoms with Crippen molar-refractivity contribution in [3.05, 3.63) is 47.3 Å². The molecule has 2 N–H and O–H groups in total. The highest BCUT2D eigenvalue weighted by molar-refractivity contribution is 5.70. The molecule has 0 aliphatic heterocycles. The van der Waals surface area contributed by atoms with Crippen LogP contribution in [0.5, 0.6) is 0 Å². The van der Waals surface area contributed by atoms with Gasteiger partial charge in [-0.25, -0.2) is 0 Å². The maximum Gasteiger partial charge on any atom is 0.185 e. The predicted octanol–water partition coefficient (Wildman–Crippen LogP) is 1.80. The van der Waals surface area contributed by atoms with Gasteiger partial charge in [0.25, 0.3) is 0 Å². The van der Waals surface area contributed by atoms with Gasteiger partial charge in [-0.05, 0) is 24.3 Å². The van der Waals surface area contributed by atoms with Crippen molar-refractivity contribution >= 4 is 12.6 Å². The first kappa shape index (κ1) is 16.8. The van der Waals surface area contributed by atoms with Crippen molar-refractivity contribution in [3.8, 4) is 0 Å². The van der Waals surface area contributed by atoms with E-state index in [-0.39, 0.29) is 32.2 Å². The van der Waals surface area contributed by atoms with E-state index in [0.717, 1.165) is 0 Å². The van der Waals surface area contributed by atoms with E-state index in [1.54, 1.807) is 12.1 Å². The Labute approximate surface area is 110 Å².